The van der Waals surface area contributed by atoms with E-state index in [0.717, 1.165) is 43.9 Å². The van der Waals surface area contributed by atoms with Crippen molar-refractivity contribution in [2.75, 3.05) is 25.6 Å². The van der Waals surface area contributed by atoms with E-state index < -0.39 is 11.6 Å². The van der Waals surface area contributed by atoms with Crippen molar-refractivity contribution in [3.05, 3.63) is 29.8 Å². The summed E-state index contributed by atoms with van der Waals surface area (Å²) >= 11 is 0. The molecule has 2 rings (SSSR count). The highest BCUT2D eigenvalue weighted by Gasteiger charge is 2.33. The Balaban J connectivity index is 2.02. The maximum atomic E-state index is 13.5. The quantitative estimate of drug-likeness (QED) is 0.649. The van der Waals surface area contributed by atoms with E-state index in [2.05, 4.69) is 10.3 Å². The van der Waals surface area contributed by atoms with Crippen LogP contribution in [0, 0.1) is 17.0 Å². The highest BCUT2D eigenvalue weighted by molar-refractivity contribution is 5.92. The van der Waals surface area contributed by atoms with Crippen LogP contribution in [-0.4, -0.2) is 26.2 Å². The number of ether oxygens (including phenoxy) is 1. The number of nitrogens with two attached hydrogens (primary N) is 1. The zero-order valence-electron chi connectivity index (χ0n) is 12.2. The average molecular weight is 297 g/mol. The Morgan fingerprint density at radius 1 is 1.38 bits per heavy atom. The molecule has 6 heteroatoms. The topological polar surface area (TPSA) is 59.6 Å². The normalized spacial score (nSPS) is 18.0. The van der Waals surface area contributed by atoms with Gasteiger partial charge in [0, 0.05) is 18.6 Å². The minimum Gasteiger partial charge on any atom is -0.384 e. The van der Waals surface area contributed by atoms with Gasteiger partial charge in [-0.2, -0.15) is 0 Å². The third-order valence-electron chi connectivity index (χ3n) is 3.89. The van der Waals surface area contributed by atoms with Gasteiger partial charge in [0.25, 0.3) is 0 Å². The molecule has 0 bridgehead atoms. The number of guanidine groups is 1. The van der Waals surface area contributed by atoms with Gasteiger partial charge in [0.2, 0.25) is 0 Å². The first-order chi connectivity index (χ1) is 10.0. The summed E-state index contributed by atoms with van der Waals surface area (Å²) in [7, 11) is 1.67. The molecule has 0 atom stereocenters. The third-order valence-corrected chi connectivity index (χ3v) is 3.89. The number of benzene rings is 1. The van der Waals surface area contributed by atoms with Crippen molar-refractivity contribution in [1.82, 2.24) is 0 Å². The number of nitrogens with zero attached hydrogens (tertiary/aromatic N) is 1. The molecule has 1 aliphatic rings. The fraction of sp³-hybridized carbons (Fsp3) is 0.533. The highest BCUT2D eigenvalue weighted by atomic mass is 19.1. The summed E-state index contributed by atoms with van der Waals surface area (Å²) in [4.78, 5) is 4.28. The van der Waals surface area contributed by atoms with E-state index in [1.807, 2.05) is 0 Å². The molecule has 3 N–H and O–H groups in total. The molecule has 0 spiro atoms. The number of nitrogens with one attached hydrogen (secondary N) is 1. The van der Waals surface area contributed by atoms with E-state index in [-0.39, 0.29) is 17.1 Å². The van der Waals surface area contributed by atoms with Gasteiger partial charge in [-0.1, -0.05) is 12.8 Å². The molecule has 0 aromatic heterocycles. The summed E-state index contributed by atoms with van der Waals surface area (Å²) < 4.78 is 31.9. The maximum absolute atomic E-state index is 13.5. The highest BCUT2D eigenvalue weighted by Crippen LogP contribution is 2.38. The van der Waals surface area contributed by atoms with Gasteiger partial charge in [-0.25, -0.2) is 8.78 Å². The van der Waals surface area contributed by atoms with Gasteiger partial charge in [-0.05, 0) is 25.0 Å². The largest absolute Gasteiger partial charge is 0.384 e. The van der Waals surface area contributed by atoms with E-state index in [4.69, 9.17) is 10.5 Å². The van der Waals surface area contributed by atoms with E-state index in [9.17, 15) is 8.78 Å². The molecular formula is C15H21F2N3O. The lowest BCUT2D eigenvalue weighted by Crippen LogP contribution is -2.30. The zero-order chi connectivity index (χ0) is 15.3. The molecule has 0 aliphatic heterocycles. The van der Waals surface area contributed by atoms with E-state index in [1.54, 1.807) is 7.11 Å². The van der Waals surface area contributed by atoms with Gasteiger partial charge in [-0.3, -0.25) is 4.99 Å². The lowest BCUT2D eigenvalue weighted by molar-refractivity contribution is 0.0897. The monoisotopic (exact) mass is 297 g/mol. The second-order valence-electron chi connectivity index (χ2n) is 5.59. The summed E-state index contributed by atoms with van der Waals surface area (Å²) in [6.07, 6.45) is 4.41. The van der Waals surface area contributed by atoms with Crippen LogP contribution in [0.5, 0.6) is 0 Å². The molecule has 0 saturated heterocycles. The van der Waals surface area contributed by atoms with Crippen LogP contribution in [0.15, 0.2) is 23.2 Å². The molecule has 0 amide bonds. The average Bonchev–Trinajstić information content (AvgIpc) is 2.90. The van der Waals surface area contributed by atoms with Crippen LogP contribution >= 0.6 is 0 Å². The van der Waals surface area contributed by atoms with Crippen molar-refractivity contribution in [1.29, 1.82) is 0 Å². The van der Waals surface area contributed by atoms with Crippen molar-refractivity contribution in [2.45, 2.75) is 25.7 Å². The van der Waals surface area contributed by atoms with Crippen LogP contribution in [-0.2, 0) is 4.74 Å². The Bertz CT molecular complexity index is 514. The Morgan fingerprint density at radius 3 is 2.76 bits per heavy atom. The number of rotatable bonds is 5. The number of aliphatic imine (C=N–C) groups is 1. The first-order valence-corrected chi connectivity index (χ1v) is 7.06. The molecule has 1 fully saturated rings. The summed E-state index contributed by atoms with van der Waals surface area (Å²) in [5.41, 5.74) is 5.77. The van der Waals surface area contributed by atoms with Gasteiger partial charge < -0.3 is 15.8 Å². The second kappa shape index (κ2) is 6.85. The molecule has 21 heavy (non-hydrogen) atoms. The second-order valence-corrected chi connectivity index (χ2v) is 5.59. The molecule has 4 nitrogen and oxygen atoms in total. The summed E-state index contributed by atoms with van der Waals surface area (Å²) in [6.45, 7) is 1.16. The van der Waals surface area contributed by atoms with E-state index >= 15 is 0 Å². The van der Waals surface area contributed by atoms with Crippen LogP contribution in [0.1, 0.15) is 25.7 Å². The standard InChI is InChI=1S/C15H21F2N3O/c1-21-10-15(6-2-3-7-15)9-19-14(18)20-13-8-11(16)4-5-12(13)17/h4-5,8H,2-3,6-7,9-10H2,1H3,(H3,18,19,20). The van der Waals surface area contributed by atoms with Gasteiger partial charge in [0.05, 0.1) is 18.8 Å². The van der Waals surface area contributed by atoms with Crippen LogP contribution in [0.2, 0.25) is 0 Å². The molecule has 1 aliphatic carbocycles. The summed E-state index contributed by atoms with van der Waals surface area (Å²) in [5, 5.41) is 2.61. The smallest absolute Gasteiger partial charge is 0.193 e. The number of anilines is 1. The number of halogens is 2. The Hall–Kier alpha value is -1.69. The van der Waals surface area contributed by atoms with Crippen molar-refractivity contribution >= 4 is 11.6 Å². The van der Waals surface area contributed by atoms with E-state index in [1.165, 1.54) is 0 Å². The number of methoxy groups -OCH3 is 1. The number of hydrogen-bond acceptors (Lipinski definition) is 2. The van der Waals surface area contributed by atoms with Gasteiger partial charge in [0.1, 0.15) is 11.6 Å². The van der Waals surface area contributed by atoms with Gasteiger partial charge >= 0.3 is 0 Å². The summed E-state index contributed by atoms with van der Waals surface area (Å²) in [6, 6.07) is 3.16. The maximum Gasteiger partial charge on any atom is 0.193 e. The summed E-state index contributed by atoms with van der Waals surface area (Å²) in [5.74, 6) is -1.01. The molecule has 1 aromatic rings. The molecule has 1 aromatic carbocycles. The lowest BCUT2D eigenvalue weighted by atomic mass is 9.87. The zero-order valence-corrected chi connectivity index (χ0v) is 12.2. The Kier molecular flexibility index (Phi) is 5.12. The van der Waals surface area contributed by atoms with Crippen LogP contribution in [0.3, 0.4) is 0 Å². The molecular weight excluding hydrogens is 276 g/mol. The molecule has 0 radical (unpaired) electrons. The van der Waals surface area contributed by atoms with Crippen molar-refractivity contribution in [3.8, 4) is 0 Å². The first-order valence-electron chi connectivity index (χ1n) is 7.06. The van der Waals surface area contributed by atoms with Crippen LogP contribution < -0.4 is 11.1 Å². The molecule has 0 unspecified atom stereocenters. The minimum atomic E-state index is -0.568. The third kappa shape index (κ3) is 4.14. The molecule has 1 saturated carbocycles. The molecule has 116 valence electrons. The van der Waals surface area contributed by atoms with E-state index in [0.29, 0.717) is 13.2 Å². The minimum absolute atomic E-state index is 0.0107. The van der Waals surface area contributed by atoms with Crippen LogP contribution in [0.25, 0.3) is 0 Å². The van der Waals surface area contributed by atoms with Gasteiger partial charge in [0.15, 0.2) is 5.96 Å². The predicted molar refractivity (Wildman–Crippen MR) is 79.2 cm³/mol. The van der Waals surface area contributed by atoms with Crippen molar-refractivity contribution in [2.24, 2.45) is 16.1 Å². The van der Waals surface area contributed by atoms with Crippen LogP contribution in [0.4, 0.5) is 14.5 Å². The first kappa shape index (κ1) is 15.7. The SMILES string of the molecule is COCC1(CN=C(N)Nc2cc(F)ccc2F)CCCC1. The fourth-order valence-corrected chi connectivity index (χ4v) is 2.80. The van der Waals surface area contributed by atoms with Gasteiger partial charge in [-0.15, -0.1) is 0 Å². The van der Waals surface area contributed by atoms with Crippen molar-refractivity contribution in [3.63, 3.8) is 0 Å². The Labute approximate surface area is 123 Å². The fourth-order valence-electron chi connectivity index (χ4n) is 2.80. The number of hydrogen-bond donors (Lipinski definition) is 2. The lowest BCUT2D eigenvalue weighted by Gasteiger charge is -2.26. The Morgan fingerprint density at radius 2 is 2.10 bits per heavy atom. The molecule has 0 heterocycles. The van der Waals surface area contributed by atoms with Crippen molar-refractivity contribution < 1.29 is 13.5 Å². The predicted octanol–water partition coefficient (Wildman–Crippen LogP) is 2.90.